The number of nitrogens with one attached hydrogen (secondary N) is 2. The van der Waals surface area contributed by atoms with Crippen LogP contribution in [0.1, 0.15) is 32.3 Å². The van der Waals surface area contributed by atoms with Crippen LogP contribution in [-0.2, 0) is 15.0 Å². The van der Waals surface area contributed by atoms with Crippen LogP contribution in [-0.4, -0.2) is 52.9 Å². The van der Waals surface area contributed by atoms with E-state index < -0.39 is 4.75 Å². The molecule has 0 aliphatic carbocycles. The Kier molecular flexibility index (Phi) is 3.98. The van der Waals surface area contributed by atoms with Crippen molar-refractivity contribution in [2.45, 2.75) is 42.9 Å². The summed E-state index contributed by atoms with van der Waals surface area (Å²) in [4.78, 5) is 26.9. The van der Waals surface area contributed by atoms with Gasteiger partial charge in [-0.15, -0.1) is 11.8 Å². The summed E-state index contributed by atoms with van der Waals surface area (Å²) < 4.78 is -0.442. The molecule has 25 heavy (non-hydrogen) atoms. The van der Waals surface area contributed by atoms with Gasteiger partial charge < -0.3 is 15.5 Å². The molecule has 2 fully saturated rings. The van der Waals surface area contributed by atoms with Crippen LogP contribution in [0.3, 0.4) is 0 Å². The van der Waals surface area contributed by atoms with E-state index in [2.05, 4.69) is 34.9 Å². The minimum absolute atomic E-state index is 0.0375. The Morgan fingerprint density at radius 3 is 2.68 bits per heavy atom. The molecule has 3 aliphatic rings. The summed E-state index contributed by atoms with van der Waals surface area (Å²) >= 11 is 1.57. The molecule has 0 bridgehead atoms. The third-order valence-corrected chi connectivity index (χ3v) is 7.32. The molecule has 0 aromatic heterocycles. The topological polar surface area (TPSA) is 61.4 Å². The maximum Gasteiger partial charge on any atom is 0.246 e. The average Bonchev–Trinajstić information content (AvgIpc) is 2.96. The Balaban J connectivity index is 1.41. The van der Waals surface area contributed by atoms with Gasteiger partial charge in [0.05, 0.1) is 4.75 Å². The molecule has 2 saturated heterocycles. The maximum atomic E-state index is 12.8. The molecular weight excluding hydrogens is 334 g/mol. The summed E-state index contributed by atoms with van der Waals surface area (Å²) in [6.45, 7) is 6.29. The number of rotatable bonds is 1. The van der Waals surface area contributed by atoms with Crippen molar-refractivity contribution in [2.24, 2.45) is 0 Å². The lowest BCUT2D eigenvalue weighted by Crippen LogP contribution is -2.59. The van der Waals surface area contributed by atoms with Crippen LogP contribution in [0.15, 0.2) is 24.3 Å². The van der Waals surface area contributed by atoms with Gasteiger partial charge in [0.25, 0.3) is 0 Å². The van der Waals surface area contributed by atoms with Crippen LogP contribution in [0.2, 0.25) is 0 Å². The number of para-hydroxylation sites is 1. The fourth-order valence-electron chi connectivity index (χ4n) is 4.14. The van der Waals surface area contributed by atoms with E-state index in [-0.39, 0.29) is 23.3 Å². The van der Waals surface area contributed by atoms with Crippen LogP contribution in [0.25, 0.3) is 0 Å². The van der Waals surface area contributed by atoms with E-state index >= 15 is 0 Å². The lowest BCUT2D eigenvalue weighted by Gasteiger charge is -2.42. The molecule has 0 saturated carbocycles. The van der Waals surface area contributed by atoms with Crippen LogP contribution in [0.5, 0.6) is 0 Å². The Bertz CT molecular complexity index is 710. The molecule has 2 N–H and O–H groups in total. The zero-order valence-corrected chi connectivity index (χ0v) is 15.6. The number of thioether (sulfide) groups is 1. The monoisotopic (exact) mass is 359 g/mol. The van der Waals surface area contributed by atoms with E-state index in [4.69, 9.17) is 0 Å². The second-order valence-corrected chi connectivity index (χ2v) is 9.49. The van der Waals surface area contributed by atoms with Crippen molar-refractivity contribution >= 4 is 29.3 Å². The van der Waals surface area contributed by atoms with Crippen molar-refractivity contribution in [3.63, 3.8) is 0 Å². The standard InChI is InChI=1S/C19H25N3O2S/c1-18(2)17(24)21-15(11-25-18)16(23)22-9-7-19(8-10-22)12-20-14-6-4-3-5-13(14)19/h3-6,15,20H,7-12H2,1-2H3,(H,21,24)/t15-/m1/s1. The van der Waals surface area contributed by atoms with Gasteiger partial charge in [-0.1, -0.05) is 18.2 Å². The first kappa shape index (κ1) is 16.8. The highest BCUT2D eigenvalue weighted by molar-refractivity contribution is 8.01. The van der Waals surface area contributed by atoms with Gasteiger partial charge in [0.2, 0.25) is 11.8 Å². The lowest BCUT2D eigenvalue weighted by molar-refractivity contribution is -0.137. The Hall–Kier alpha value is -1.69. The number of piperidine rings is 1. The van der Waals surface area contributed by atoms with Gasteiger partial charge in [0.1, 0.15) is 6.04 Å². The van der Waals surface area contributed by atoms with E-state index in [9.17, 15) is 9.59 Å². The molecule has 3 heterocycles. The van der Waals surface area contributed by atoms with Gasteiger partial charge in [0.15, 0.2) is 0 Å². The van der Waals surface area contributed by atoms with Gasteiger partial charge in [-0.3, -0.25) is 9.59 Å². The van der Waals surface area contributed by atoms with Gasteiger partial charge in [-0.25, -0.2) is 0 Å². The van der Waals surface area contributed by atoms with Gasteiger partial charge in [-0.05, 0) is 38.3 Å². The molecule has 0 radical (unpaired) electrons. The molecule has 134 valence electrons. The van der Waals surface area contributed by atoms with Crippen LogP contribution < -0.4 is 10.6 Å². The van der Waals surface area contributed by atoms with Gasteiger partial charge >= 0.3 is 0 Å². The van der Waals surface area contributed by atoms with E-state index in [0.29, 0.717) is 5.75 Å². The Labute approximate surface area is 152 Å². The summed E-state index contributed by atoms with van der Waals surface area (Å²) in [5.74, 6) is 0.693. The van der Waals surface area contributed by atoms with Crippen LogP contribution in [0.4, 0.5) is 5.69 Å². The number of anilines is 1. The van der Waals surface area contributed by atoms with Crippen molar-refractivity contribution in [1.82, 2.24) is 10.2 Å². The van der Waals surface area contributed by atoms with Gasteiger partial charge in [-0.2, -0.15) is 0 Å². The number of hydrogen-bond donors (Lipinski definition) is 2. The Morgan fingerprint density at radius 1 is 1.24 bits per heavy atom. The third kappa shape index (κ3) is 2.80. The van der Waals surface area contributed by atoms with E-state index in [1.54, 1.807) is 11.8 Å². The van der Waals surface area contributed by atoms with Crippen molar-refractivity contribution < 1.29 is 9.59 Å². The molecule has 1 atom stereocenters. The number of hydrogen-bond acceptors (Lipinski definition) is 4. The van der Waals surface area contributed by atoms with E-state index in [1.807, 2.05) is 18.7 Å². The van der Waals surface area contributed by atoms with Crippen molar-refractivity contribution in [3.05, 3.63) is 29.8 Å². The predicted octanol–water partition coefficient (Wildman–Crippen LogP) is 1.98. The van der Waals surface area contributed by atoms with E-state index in [0.717, 1.165) is 32.5 Å². The number of fused-ring (bicyclic) bond motifs is 2. The molecule has 4 rings (SSSR count). The second kappa shape index (κ2) is 5.94. The second-order valence-electron chi connectivity index (χ2n) is 7.85. The van der Waals surface area contributed by atoms with Crippen molar-refractivity contribution in [3.8, 4) is 0 Å². The molecule has 1 spiro atoms. The molecule has 3 aliphatic heterocycles. The summed E-state index contributed by atoms with van der Waals surface area (Å²) in [6.07, 6.45) is 1.95. The highest BCUT2D eigenvalue weighted by atomic mass is 32.2. The minimum atomic E-state index is -0.442. The minimum Gasteiger partial charge on any atom is -0.384 e. The number of amides is 2. The molecule has 6 heteroatoms. The quantitative estimate of drug-likeness (QED) is 0.805. The lowest BCUT2D eigenvalue weighted by atomic mass is 9.74. The zero-order chi connectivity index (χ0) is 17.7. The zero-order valence-electron chi connectivity index (χ0n) is 14.8. The van der Waals surface area contributed by atoms with Crippen molar-refractivity contribution in [2.75, 3.05) is 30.7 Å². The smallest absolute Gasteiger partial charge is 0.246 e. The van der Waals surface area contributed by atoms with Crippen LogP contribution >= 0.6 is 11.8 Å². The molecular formula is C19H25N3O2S. The summed E-state index contributed by atoms with van der Waals surface area (Å²) in [5, 5.41) is 6.44. The number of nitrogens with zero attached hydrogens (tertiary/aromatic N) is 1. The fraction of sp³-hybridized carbons (Fsp3) is 0.579. The highest BCUT2D eigenvalue weighted by Crippen LogP contribution is 2.44. The summed E-state index contributed by atoms with van der Waals surface area (Å²) in [7, 11) is 0. The number of likely N-dealkylation sites (tertiary alicyclic amines) is 1. The Morgan fingerprint density at radius 2 is 1.96 bits per heavy atom. The summed E-state index contributed by atoms with van der Waals surface area (Å²) in [6, 6.07) is 8.13. The van der Waals surface area contributed by atoms with Gasteiger partial charge in [0, 0.05) is 36.5 Å². The number of carbonyl (C=O) groups is 2. The average molecular weight is 359 g/mol. The molecule has 2 amide bonds. The predicted molar refractivity (Wildman–Crippen MR) is 101 cm³/mol. The van der Waals surface area contributed by atoms with E-state index in [1.165, 1.54) is 11.3 Å². The molecule has 5 nitrogen and oxygen atoms in total. The third-order valence-electron chi connectivity index (χ3n) is 5.91. The molecule has 1 aromatic rings. The van der Waals surface area contributed by atoms with Crippen LogP contribution in [0, 0.1) is 0 Å². The first-order valence-electron chi connectivity index (χ1n) is 8.98. The first-order chi connectivity index (χ1) is 11.9. The number of benzene rings is 1. The fourth-order valence-corrected chi connectivity index (χ4v) is 5.14. The largest absolute Gasteiger partial charge is 0.384 e. The highest BCUT2D eigenvalue weighted by Gasteiger charge is 2.44. The number of carbonyl (C=O) groups excluding carboxylic acids is 2. The molecule has 0 unspecified atom stereocenters. The maximum absolute atomic E-state index is 12.8. The molecule has 1 aromatic carbocycles. The SMILES string of the molecule is CC1(C)SC[C@H](C(=O)N2CCC3(CC2)CNc2ccccc23)NC1=O. The van der Waals surface area contributed by atoms with Crippen molar-refractivity contribution in [1.29, 1.82) is 0 Å². The normalized spacial score (nSPS) is 26.7. The first-order valence-corrected chi connectivity index (χ1v) is 9.97. The summed E-state index contributed by atoms with van der Waals surface area (Å²) in [5.41, 5.74) is 2.78.